The molecule has 2 aliphatic rings. The Hall–Kier alpha value is -1.81. The van der Waals surface area contributed by atoms with Crippen LogP contribution >= 0.6 is 0 Å². The van der Waals surface area contributed by atoms with Gasteiger partial charge in [0.2, 0.25) is 0 Å². The fourth-order valence-electron chi connectivity index (χ4n) is 4.22. The Kier molecular flexibility index (Phi) is 4.31. The second-order valence-electron chi connectivity index (χ2n) is 7.14. The van der Waals surface area contributed by atoms with Crippen molar-refractivity contribution in [2.24, 2.45) is 0 Å². The lowest BCUT2D eigenvalue weighted by Crippen LogP contribution is -2.44. The Bertz CT molecular complexity index is 716. The molecule has 0 atom stereocenters. The van der Waals surface area contributed by atoms with Crippen molar-refractivity contribution in [1.29, 1.82) is 0 Å². The first-order valence-electron chi connectivity index (χ1n) is 9.19. The van der Waals surface area contributed by atoms with E-state index >= 15 is 0 Å². The van der Waals surface area contributed by atoms with Gasteiger partial charge < -0.3 is 14.5 Å². The zero-order valence-electron chi connectivity index (χ0n) is 14.8. The minimum atomic E-state index is 0.783. The Morgan fingerprint density at radius 2 is 1.79 bits per heavy atom. The first-order valence-corrected chi connectivity index (χ1v) is 9.19. The SMILES string of the molecule is COc1ccc2c(C)cc(N3CCC(N4CCCC4)CC3)nc2c1. The number of aryl methyl sites for hydroxylation is 1. The Morgan fingerprint density at radius 3 is 2.50 bits per heavy atom. The van der Waals surface area contributed by atoms with E-state index in [4.69, 9.17) is 9.72 Å². The van der Waals surface area contributed by atoms with Crippen molar-refractivity contribution >= 4 is 16.7 Å². The number of aromatic nitrogens is 1. The number of methoxy groups -OCH3 is 1. The highest BCUT2D eigenvalue weighted by atomic mass is 16.5. The predicted octanol–water partition coefficient (Wildman–Crippen LogP) is 3.62. The molecule has 128 valence electrons. The summed E-state index contributed by atoms with van der Waals surface area (Å²) in [6.07, 6.45) is 5.29. The van der Waals surface area contributed by atoms with Crippen LogP contribution in [-0.4, -0.2) is 49.2 Å². The lowest BCUT2D eigenvalue weighted by Gasteiger charge is -2.37. The third kappa shape index (κ3) is 2.95. The molecule has 0 amide bonds. The molecule has 2 aromatic rings. The topological polar surface area (TPSA) is 28.6 Å². The molecule has 0 aliphatic carbocycles. The van der Waals surface area contributed by atoms with E-state index in [9.17, 15) is 0 Å². The molecule has 0 spiro atoms. The highest BCUT2D eigenvalue weighted by Crippen LogP contribution is 2.28. The van der Waals surface area contributed by atoms with Crippen molar-refractivity contribution in [3.63, 3.8) is 0 Å². The number of ether oxygens (including phenoxy) is 1. The van der Waals surface area contributed by atoms with Gasteiger partial charge in [-0.2, -0.15) is 0 Å². The van der Waals surface area contributed by atoms with Gasteiger partial charge in [-0.3, -0.25) is 0 Å². The third-order valence-electron chi connectivity index (χ3n) is 5.66. The van der Waals surface area contributed by atoms with Gasteiger partial charge in [-0.25, -0.2) is 4.98 Å². The van der Waals surface area contributed by atoms with E-state index in [-0.39, 0.29) is 0 Å². The number of pyridine rings is 1. The van der Waals surface area contributed by atoms with Crippen molar-refractivity contribution in [3.8, 4) is 5.75 Å². The molecule has 1 aromatic carbocycles. The normalized spacial score (nSPS) is 20.0. The molecule has 0 radical (unpaired) electrons. The van der Waals surface area contributed by atoms with Crippen LogP contribution < -0.4 is 9.64 Å². The van der Waals surface area contributed by atoms with Crippen LogP contribution in [0.2, 0.25) is 0 Å². The van der Waals surface area contributed by atoms with Crippen LogP contribution in [0.5, 0.6) is 5.75 Å². The van der Waals surface area contributed by atoms with Gasteiger partial charge in [0, 0.05) is 30.6 Å². The number of hydrogen-bond acceptors (Lipinski definition) is 4. The molecule has 1 aromatic heterocycles. The number of nitrogens with zero attached hydrogens (tertiary/aromatic N) is 3. The standard InChI is InChI=1S/C20H27N3O/c1-15-13-20(21-19-14-17(24-2)5-6-18(15)19)23-11-7-16(8-12-23)22-9-3-4-10-22/h5-6,13-14,16H,3-4,7-12H2,1-2H3. The summed E-state index contributed by atoms with van der Waals surface area (Å²) in [4.78, 5) is 10.1. The maximum absolute atomic E-state index is 5.36. The molecule has 0 unspecified atom stereocenters. The first kappa shape index (κ1) is 15.7. The molecule has 0 saturated carbocycles. The lowest BCUT2D eigenvalue weighted by atomic mass is 10.0. The van der Waals surface area contributed by atoms with E-state index in [1.807, 2.05) is 12.1 Å². The summed E-state index contributed by atoms with van der Waals surface area (Å²) >= 11 is 0. The van der Waals surface area contributed by atoms with Gasteiger partial charge in [0.1, 0.15) is 11.6 Å². The van der Waals surface area contributed by atoms with Crippen LogP contribution in [0.1, 0.15) is 31.2 Å². The molecule has 0 bridgehead atoms. The molecule has 24 heavy (non-hydrogen) atoms. The van der Waals surface area contributed by atoms with E-state index < -0.39 is 0 Å². The maximum Gasteiger partial charge on any atom is 0.129 e. The molecule has 4 rings (SSSR count). The summed E-state index contributed by atoms with van der Waals surface area (Å²) < 4.78 is 5.36. The second kappa shape index (κ2) is 6.60. The predicted molar refractivity (Wildman–Crippen MR) is 99.1 cm³/mol. The van der Waals surface area contributed by atoms with Crippen LogP contribution in [0.4, 0.5) is 5.82 Å². The summed E-state index contributed by atoms with van der Waals surface area (Å²) in [7, 11) is 1.71. The second-order valence-corrected chi connectivity index (χ2v) is 7.14. The number of anilines is 1. The highest BCUT2D eigenvalue weighted by molar-refractivity contribution is 5.85. The number of fused-ring (bicyclic) bond motifs is 1. The number of hydrogen-bond donors (Lipinski definition) is 0. The molecule has 2 fully saturated rings. The Balaban J connectivity index is 1.53. The van der Waals surface area contributed by atoms with E-state index in [1.165, 1.54) is 49.7 Å². The van der Waals surface area contributed by atoms with E-state index in [1.54, 1.807) is 7.11 Å². The van der Waals surface area contributed by atoms with E-state index in [0.29, 0.717) is 0 Å². The maximum atomic E-state index is 5.36. The average molecular weight is 325 g/mol. The minimum absolute atomic E-state index is 0.783. The fraction of sp³-hybridized carbons (Fsp3) is 0.550. The van der Waals surface area contributed by atoms with Crippen LogP contribution in [0.15, 0.2) is 24.3 Å². The monoisotopic (exact) mass is 325 g/mol. The van der Waals surface area contributed by atoms with Crippen molar-refractivity contribution in [2.75, 3.05) is 38.2 Å². The lowest BCUT2D eigenvalue weighted by molar-refractivity contribution is 0.207. The zero-order chi connectivity index (χ0) is 16.5. The van der Waals surface area contributed by atoms with Gasteiger partial charge in [-0.05, 0) is 69.5 Å². The van der Waals surface area contributed by atoms with Crippen molar-refractivity contribution in [2.45, 2.75) is 38.6 Å². The quantitative estimate of drug-likeness (QED) is 0.862. The van der Waals surface area contributed by atoms with Crippen LogP contribution in [0, 0.1) is 6.92 Å². The van der Waals surface area contributed by atoms with Gasteiger partial charge in [0.05, 0.1) is 12.6 Å². The molecule has 2 saturated heterocycles. The Morgan fingerprint density at radius 1 is 1.04 bits per heavy atom. The smallest absolute Gasteiger partial charge is 0.129 e. The van der Waals surface area contributed by atoms with Crippen molar-refractivity contribution < 1.29 is 4.74 Å². The minimum Gasteiger partial charge on any atom is -0.497 e. The Labute approximate surface area is 144 Å². The average Bonchev–Trinajstić information content (AvgIpc) is 3.16. The molecule has 4 nitrogen and oxygen atoms in total. The summed E-state index contributed by atoms with van der Waals surface area (Å²) in [5.74, 6) is 1.99. The molecular weight excluding hydrogens is 298 g/mol. The number of piperidine rings is 1. The largest absolute Gasteiger partial charge is 0.497 e. The summed E-state index contributed by atoms with van der Waals surface area (Å²) in [5, 5.41) is 1.21. The van der Waals surface area contributed by atoms with Gasteiger partial charge in [0.25, 0.3) is 0 Å². The van der Waals surface area contributed by atoms with Crippen LogP contribution in [0.3, 0.4) is 0 Å². The summed E-state index contributed by atoms with van der Waals surface area (Å²) in [6, 6.07) is 9.19. The van der Waals surface area contributed by atoms with Gasteiger partial charge in [-0.1, -0.05) is 0 Å². The van der Waals surface area contributed by atoms with Crippen molar-refractivity contribution in [1.82, 2.24) is 9.88 Å². The first-order chi connectivity index (χ1) is 11.7. The number of rotatable bonds is 3. The fourth-order valence-corrected chi connectivity index (χ4v) is 4.22. The molecule has 4 heteroatoms. The molecule has 0 N–H and O–H groups in total. The molecule has 3 heterocycles. The highest BCUT2D eigenvalue weighted by Gasteiger charge is 2.27. The molecular formula is C20H27N3O. The van der Waals surface area contributed by atoms with Gasteiger partial charge >= 0.3 is 0 Å². The van der Waals surface area contributed by atoms with Gasteiger partial charge in [-0.15, -0.1) is 0 Å². The number of benzene rings is 1. The van der Waals surface area contributed by atoms with Crippen molar-refractivity contribution in [3.05, 3.63) is 29.8 Å². The number of likely N-dealkylation sites (tertiary alicyclic amines) is 1. The third-order valence-corrected chi connectivity index (χ3v) is 5.66. The summed E-state index contributed by atoms with van der Waals surface area (Å²) in [5.41, 5.74) is 2.32. The zero-order valence-corrected chi connectivity index (χ0v) is 14.8. The molecule has 2 aliphatic heterocycles. The van der Waals surface area contributed by atoms with Crippen LogP contribution in [0.25, 0.3) is 10.9 Å². The van der Waals surface area contributed by atoms with E-state index in [0.717, 1.165) is 36.2 Å². The van der Waals surface area contributed by atoms with E-state index in [2.05, 4.69) is 28.9 Å². The van der Waals surface area contributed by atoms with Gasteiger partial charge in [0.15, 0.2) is 0 Å². The van der Waals surface area contributed by atoms with Crippen LogP contribution in [-0.2, 0) is 0 Å². The summed E-state index contributed by atoms with van der Waals surface area (Å²) in [6.45, 7) is 7.01.